The molecule has 35 heavy (non-hydrogen) atoms. The Morgan fingerprint density at radius 1 is 0.629 bits per heavy atom. The summed E-state index contributed by atoms with van der Waals surface area (Å²) in [6.45, 7) is 10.6. The molecule has 0 radical (unpaired) electrons. The van der Waals surface area contributed by atoms with Gasteiger partial charge in [-0.1, -0.05) is 90.1 Å². The highest BCUT2D eigenvalue weighted by atomic mass is 127. The second-order valence-electron chi connectivity index (χ2n) is 10.5. The van der Waals surface area contributed by atoms with Crippen LogP contribution in [0.25, 0.3) is 0 Å². The number of rotatable bonds is 5. The minimum atomic E-state index is -6.49. The van der Waals surface area contributed by atoms with Crippen molar-refractivity contribution in [2.24, 2.45) is 0 Å². The van der Waals surface area contributed by atoms with Crippen molar-refractivity contribution in [1.82, 2.24) is 0 Å². The molecule has 0 bridgehead atoms. The van der Waals surface area contributed by atoms with Gasteiger partial charge in [0.2, 0.25) is 8.42 Å². The molecular formula is C24H27F6IO3S. The van der Waals surface area contributed by atoms with E-state index in [2.05, 4.69) is 0 Å². The monoisotopic (exact) mass is 636 g/mol. The first-order valence-corrected chi connectivity index (χ1v) is 13.0. The predicted octanol–water partition coefficient (Wildman–Crippen LogP) is 7.82. The lowest BCUT2D eigenvalue weighted by atomic mass is 9.79. The summed E-state index contributed by atoms with van der Waals surface area (Å²) in [5, 5.41) is 0. The molecule has 0 spiro atoms. The Kier molecular flexibility index (Phi) is 7.60. The highest BCUT2D eigenvalue weighted by molar-refractivity contribution is 14.1. The van der Waals surface area contributed by atoms with Crippen LogP contribution in [-0.2, 0) is 29.4 Å². The fourth-order valence-electron chi connectivity index (χ4n) is 3.67. The zero-order chi connectivity index (χ0) is 27.5. The van der Waals surface area contributed by atoms with Gasteiger partial charge in [-0.2, -0.15) is 30.4 Å². The summed E-state index contributed by atoms with van der Waals surface area (Å²) in [5.41, 5.74) is -6.96. The maximum Gasteiger partial charge on any atom is 0.457 e. The standard InChI is InChI=1S/C24H27F6IO3S/c1-19(2,3)15-7-11-17(12-8-15)21(25,23(26,27)24(28,29)30)22(31,35(32,33)34)18-13-9-16(10-14-18)20(4,5)6/h7-14H,1-6H3,(H,32,33,34). The molecule has 2 aromatic rings. The van der Waals surface area contributed by atoms with Gasteiger partial charge < -0.3 is 0 Å². The van der Waals surface area contributed by atoms with E-state index in [4.69, 9.17) is 0 Å². The van der Waals surface area contributed by atoms with Gasteiger partial charge in [0, 0.05) is 0 Å². The first-order chi connectivity index (χ1) is 15.4. The third-order valence-corrected chi connectivity index (χ3v) is 10.1. The maximum absolute atomic E-state index is 16.8. The molecule has 196 valence electrons. The second kappa shape index (κ2) is 8.90. The van der Waals surface area contributed by atoms with Crippen LogP contribution < -0.4 is 0 Å². The number of hydrogen-bond donors (Lipinski definition) is 1. The van der Waals surface area contributed by atoms with E-state index in [-0.39, 0.29) is 0 Å². The Hall–Kier alpha value is -1.34. The van der Waals surface area contributed by atoms with Crippen molar-refractivity contribution in [1.29, 1.82) is 0 Å². The second-order valence-corrected chi connectivity index (χ2v) is 14.4. The van der Waals surface area contributed by atoms with E-state index in [9.17, 15) is 26.1 Å². The average Bonchev–Trinajstić information content (AvgIpc) is 2.69. The fraction of sp³-hybridized carbons (Fsp3) is 0.500. The SMILES string of the molecule is CC(C)(C)c1ccc(C(F)(C(F)(F)C(F)(F)F)C(I)(c2ccc(C(C)(C)C)cc2)S(=O)(=O)O)cc1. The Balaban J connectivity index is 3.01. The van der Waals surface area contributed by atoms with Gasteiger partial charge in [-0.15, -0.1) is 0 Å². The van der Waals surface area contributed by atoms with Crippen molar-refractivity contribution in [2.45, 2.75) is 72.9 Å². The summed E-state index contributed by atoms with van der Waals surface area (Å²) in [6.07, 6.45) is -6.49. The summed E-state index contributed by atoms with van der Waals surface area (Å²) in [6, 6.07) is 8.16. The Labute approximate surface area is 215 Å². The minimum absolute atomic E-state index is 0.486. The van der Waals surface area contributed by atoms with E-state index in [0.717, 1.165) is 24.3 Å². The van der Waals surface area contributed by atoms with E-state index >= 15 is 13.2 Å². The molecule has 0 saturated heterocycles. The van der Waals surface area contributed by atoms with E-state index in [1.807, 2.05) is 0 Å². The quantitative estimate of drug-likeness (QED) is 0.158. The molecule has 2 atom stereocenters. The van der Waals surface area contributed by atoms with Gasteiger partial charge >= 0.3 is 12.1 Å². The molecule has 0 aliphatic rings. The lowest BCUT2D eigenvalue weighted by Crippen LogP contribution is -2.62. The van der Waals surface area contributed by atoms with Gasteiger partial charge in [0.15, 0.2) is 0 Å². The molecule has 0 aromatic heterocycles. The lowest BCUT2D eigenvalue weighted by Gasteiger charge is -2.44. The number of halogens is 7. The summed E-state index contributed by atoms with van der Waals surface area (Å²) in [4.78, 5) is 0. The van der Waals surface area contributed by atoms with Gasteiger partial charge in [-0.3, -0.25) is 4.55 Å². The van der Waals surface area contributed by atoms with Gasteiger partial charge in [0.25, 0.3) is 10.1 Å². The van der Waals surface area contributed by atoms with Gasteiger partial charge in [0.05, 0.1) is 0 Å². The van der Waals surface area contributed by atoms with Gasteiger partial charge in [0.1, 0.15) is 0 Å². The first kappa shape index (κ1) is 29.9. The van der Waals surface area contributed by atoms with E-state index in [1.165, 1.54) is 12.1 Å². The van der Waals surface area contributed by atoms with Crippen molar-refractivity contribution in [3.63, 3.8) is 0 Å². The van der Waals surface area contributed by atoms with Crippen molar-refractivity contribution in [3.05, 3.63) is 70.8 Å². The molecule has 0 amide bonds. The van der Waals surface area contributed by atoms with Crippen LogP contribution in [0.3, 0.4) is 0 Å². The van der Waals surface area contributed by atoms with Crippen molar-refractivity contribution in [3.8, 4) is 0 Å². The third kappa shape index (κ3) is 4.96. The Bertz CT molecular complexity index is 1160. The number of alkyl halides is 7. The highest BCUT2D eigenvalue weighted by Crippen LogP contribution is 2.64. The summed E-state index contributed by atoms with van der Waals surface area (Å²) >= 11 is 0.659. The van der Waals surface area contributed by atoms with Crippen LogP contribution in [0.2, 0.25) is 0 Å². The smallest absolute Gasteiger partial charge is 0.284 e. The predicted molar refractivity (Wildman–Crippen MR) is 131 cm³/mol. The molecule has 2 unspecified atom stereocenters. The topological polar surface area (TPSA) is 54.4 Å². The van der Waals surface area contributed by atoms with Crippen LogP contribution in [0, 0.1) is 0 Å². The largest absolute Gasteiger partial charge is 0.457 e. The van der Waals surface area contributed by atoms with Crippen LogP contribution >= 0.6 is 22.6 Å². The Morgan fingerprint density at radius 2 is 0.914 bits per heavy atom. The normalized spacial score (nSPS) is 17.5. The molecule has 0 aliphatic heterocycles. The van der Waals surface area contributed by atoms with Crippen LogP contribution in [0.5, 0.6) is 0 Å². The molecule has 0 aliphatic carbocycles. The number of hydrogen-bond acceptors (Lipinski definition) is 2. The fourth-order valence-corrected chi connectivity index (χ4v) is 5.72. The zero-order valence-electron chi connectivity index (χ0n) is 19.9. The van der Waals surface area contributed by atoms with Crippen molar-refractivity contribution >= 4 is 32.7 Å². The lowest BCUT2D eigenvalue weighted by molar-refractivity contribution is -0.333. The van der Waals surface area contributed by atoms with Gasteiger partial charge in [-0.05, 0) is 55.7 Å². The summed E-state index contributed by atoms with van der Waals surface area (Å²) in [7, 11) is -5.92. The van der Waals surface area contributed by atoms with E-state index < -0.39 is 52.6 Å². The molecule has 0 saturated carbocycles. The highest BCUT2D eigenvalue weighted by Gasteiger charge is 2.81. The summed E-state index contributed by atoms with van der Waals surface area (Å²) in [5.74, 6) is -6.22. The van der Waals surface area contributed by atoms with E-state index in [1.54, 1.807) is 41.5 Å². The van der Waals surface area contributed by atoms with Gasteiger partial charge in [-0.25, -0.2) is 4.39 Å². The van der Waals surface area contributed by atoms with Crippen molar-refractivity contribution in [2.75, 3.05) is 0 Å². The Morgan fingerprint density at radius 3 is 1.17 bits per heavy atom. The molecule has 2 aromatic carbocycles. The summed E-state index contributed by atoms with van der Waals surface area (Å²) < 4.78 is 119. The molecular weight excluding hydrogens is 609 g/mol. The molecule has 2 rings (SSSR count). The van der Waals surface area contributed by atoms with Crippen LogP contribution in [0.4, 0.5) is 26.3 Å². The minimum Gasteiger partial charge on any atom is -0.284 e. The number of benzene rings is 2. The van der Waals surface area contributed by atoms with E-state index in [0.29, 0.717) is 45.9 Å². The third-order valence-electron chi connectivity index (χ3n) is 5.86. The van der Waals surface area contributed by atoms with Crippen LogP contribution in [-0.4, -0.2) is 25.1 Å². The van der Waals surface area contributed by atoms with Crippen LogP contribution in [0.1, 0.15) is 63.8 Å². The zero-order valence-corrected chi connectivity index (χ0v) is 22.9. The molecule has 0 fully saturated rings. The average molecular weight is 636 g/mol. The molecule has 11 heteroatoms. The maximum atomic E-state index is 16.8. The van der Waals surface area contributed by atoms with Crippen LogP contribution in [0.15, 0.2) is 48.5 Å². The molecule has 3 nitrogen and oxygen atoms in total. The molecule has 1 N–H and O–H groups in total. The first-order valence-electron chi connectivity index (χ1n) is 10.4. The van der Waals surface area contributed by atoms with Crippen molar-refractivity contribution < 1.29 is 39.3 Å². The molecule has 0 heterocycles.